The van der Waals surface area contributed by atoms with Crippen molar-refractivity contribution >= 4 is 0 Å². The number of nitrogens with zero attached hydrogens (tertiary/aromatic N) is 1. The van der Waals surface area contributed by atoms with Gasteiger partial charge >= 0.3 is 0 Å². The predicted molar refractivity (Wildman–Crippen MR) is 68.6 cm³/mol. The van der Waals surface area contributed by atoms with Crippen LogP contribution in [-0.2, 0) is 0 Å². The van der Waals surface area contributed by atoms with Crippen molar-refractivity contribution < 1.29 is 5.11 Å². The Kier molecular flexibility index (Phi) is 5.73. The number of hydrogen-bond donors (Lipinski definition) is 2. The summed E-state index contributed by atoms with van der Waals surface area (Å²) in [4.78, 5) is 2.36. The predicted octanol–water partition coefficient (Wildman–Crippen LogP) is 1.47. The Morgan fingerprint density at radius 2 is 1.94 bits per heavy atom. The van der Waals surface area contributed by atoms with Crippen LogP contribution in [0.4, 0.5) is 0 Å². The van der Waals surface area contributed by atoms with Crippen molar-refractivity contribution in [3.05, 3.63) is 0 Å². The van der Waals surface area contributed by atoms with Gasteiger partial charge in [-0.1, -0.05) is 19.3 Å². The van der Waals surface area contributed by atoms with Gasteiger partial charge in [0.05, 0.1) is 12.1 Å². The topological polar surface area (TPSA) is 35.5 Å². The number of hydrogen-bond acceptors (Lipinski definition) is 3. The zero-order valence-electron chi connectivity index (χ0n) is 11.1. The number of nitrogens with one attached hydrogen (secondary N) is 1. The molecule has 16 heavy (non-hydrogen) atoms. The summed E-state index contributed by atoms with van der Waals surface area (Å²) in [5.74, 6) is 0.874. The average molecular weight is 228 g/mol. The highest BCUT2D eigenvalue weighted by molar-refractivity contribution is 4.84. The van der Waals surface area contributed by atoms with Crippen molar-refractivity contribution in [2.45, 2.75) is 44.6 Å². The van der Waals surface area contributed by atoms with E-state index in [1.165, 1.54) is 38.6 Å². The van der Waals surface area contributed by atoms with E-state index >= 15 is 0 Å². The first-order valence-electron chi connectivity index (χ1n) is 6.58. The van der Waals surface area contributed by atoms with E-state index in [0.717, 1.165) is 12.5 Å². The fraction of sp³-hybridized carbons (Fsp3) is 1.00. The summed E-state index contributed by atoms with van der Waals surface area (Å²) in [7, 11) is 4.09. The van der Waals surface area contributed by atoms with E-state index < -0.39 is 0 Å². The maximum atomic E-state index is 9.35. The molecule has 2 N–H and O–H groups in total. The monoisotopic (exact) mass is 228 g/mol. The standard InChI is InChI=1S/C13H28N2O/c1-13(11-16,14-2)10-15(3)9-12-7-5-4-6-8-12/h12,14,16H,4-11H2,1-3H3. The minimum absolute atomic E-state index is 0.163. The first kappa shape index (κ1) is 13.9. The van der Waals surface area contributed by atoms with Crippen LogP contribution in [0.2, 0.25) is 0 Å². The SMILES string of the molecule is CNC(C)(CO)CN(C)CC1CCCCC1. The van der Waals surface area contributed by atoms with Crippen molar-refractivity contribution in [2.24, 2.45) is 5.92 Å². The molecule has 96 valence electrons. The van der Waals surface area contributed by atoms with Crippen LogP contribution < -0.4 is 5.32 Å². The molecule has 1 aliphatic rings. The van der Waals surface area contributed by atoms with Gasteiger partial charge in [0.2, 0.25) is 0 Å². The molecule has 0 amide bonds. The summed E-state index contributed by atoms with van der Waals surface area (Å²) in [6.45, 7) is 4.36. The molecule has 0 aromatic heterocycles. The first-order valence-corrected chi connectivity index (χ1v) is 6.58. The fourth-order valence-electron chi connectivity index (χ4n) is 2.68. The summed E-state index contributed by atoms with van der Waals surface area (Å²) in [6.07, 6.45) is 7.01. The fourth-order valence-corrected chi connectivity index (χ4v) is 2.68. The molecule has 1 saturated carbocycles. The largest absolute Gasteiger partial charge is 0.394 e. The van der Waals surface area contributed by atoms with E-state index in [-0.39, 0.29) is 12.1 Å². The van der Waals surface area contributed by atoms with E-state index in [0.29, 0.717) is 0 Å². The van der Waals surface area contributed by atoms with Gasteiger partial charge < -0.3 is 15.3 Å². The molecule has 0 aliphatic heterocycles. The first-order chi connectivity index (χ1) is 7.59. The van der Waals surface area contributed by atoms with Gasteiger partial charge in [0, 0.05) is 13.1 Å². The summed E-state index contributed by atoms with van der Waals surface area (Å²) >= 11 is 0. The molecule has 0 saturated heterocycles. The Morgan fingerprint density at radius 1 is 1.31 bits per heavy atom. The Labute approximate surface area is 100 Å². The highest BCUT2D eigenvalue weighted by Crippen LogP contribution is 2.24. The zero-order chi connectivity index (χ0) is 12.0. The molecular formula is C13H28N2O. The third-order valence-corrected chi connectivity index (χ3v) is 3.87. The summed E-state index contributed by atoms with van der Waals surface area (Å²) in [5, 5.41) is 12.6. The van der Waals surface area contributed by atoms with E-state index in [4.69, 9.17) is 0 Å². The van der Waals surface area contributed by atoms with Gasteiger partial charge in [-0.25, -0.2) is 0 Å². The summed E-state index contributed by atoms with van der Waals surface area (Å²) in [6, 6.07) is 0. The van der Waals surface area contributed by atoms with Gasteiger partial charge in [-0.2, -0.15) is 0 Å². The van der Waals surface area contributed by atoms with E-state index in [2.05, 4.69) is 24.2 Å². The molecule has 1 aliphatic carbocycles. The molecule has 3 nitrogen and oxygen atoms in total. The lowest BCUT2D eigenvalue weighted by Crippen LogP contribution is -2.52. The second-order valence-corrected chi connectivity index (χ2v) is 5.67. The van der Waals surface area contributed by atoms with Crippen LogP contribution in [0.5, 0.6) is 0 Å². The number of likely N-dealkylation sites (N-methyl/N-ethyl adjacent to an activating group) is 2. The van der Waals surface area contributed by atoms with Crippen LogP contribution in [-0.4, -0.2) is 49.3 Å². The molecule has 1 rings (SSSR count). The third-order valence-electron chi connectivity index (χ3n) is 3.87. The van der Waals surface area contributed by atoms with Crippen LogP contribution in [0.3, 0.4) is 0 Å². The van der Waals surface area contributed by atoms with Gasteiger partial charge in [-0.15, -0.1) is 0 Å². The van der Waals surface area contributed by atoms with Crippen molar-refractivity contribution in [1.82, 2.24) is 10.2 Å². The average Bonchev–Trinajstić information content (AvgIpc) is 2.30. The Hall–Kier alpha value is -0.120. The normalized spacial score (nSPS) is 22.3. The molecule has 0 spiro atoms. The lowest BCUT2D eigenvalue weighted by atomic mass is 9.88. The smallest absolute Gasteiger partial charge is 0.0623 e. The lowest BCUT2D eigenvalue weighted by Gasteiger charge is -2.34. The minimum Gasteiger partial charge on any atom is -0.394 e. The van der Waals surface area contributed by atoms with Crippen LogP contribution in [0, 0.1) is 5.92 Å². The van der Waals surface area contributed by atoms with Gasteiger partial charge in [0.25, 0.3) is 0 Å². The minimum atomic E-state index is -0.163. The van der Waals surface area contributed by atoms with Crippen LogP contribution in [0.15, 0.2) is 0 Å². The molecule has 1 fully saturated rings. The van der Waals surface area contributed by atoms with Crippen molar-refractivity contribution in [3.63, 3.8) is 0 Å². The molecule has 1 unspecified atom stereocenters. The van der Waals surface area contributed by atoms with Gasteiger partial charge in [-0.3, -0.25) is 0 Å². The number of aliphatic hydroxyl groups excluding tert-OH is 1. The maximum absolute atomic E-state index is 9.35. The van der Waals surface area contributed by atoms with Crippen LogP contribution in [0.1, 0.15) is 39.0 Å². The molecule has 0 bridgehead atoms. The summed E-state index contributed by atoms with van der Waals surface area (Å²) < 4.78 is 0. The van der Waals surface area contributed by atoms with Crippen molar-refractivity contribution in [1.29, 1.82) is 0 Å². The Bertz CT molecular complexity index is 186. The zero-order valence-corrected chi connectivity index (χ0v) is 11.1. The highest BCUT2D eigenvalue weighted by atomic mass is 16.3. The van der Waals surface area contributed by atoms with Gasteiger partial charge in [-0.05, 0) is 39.8 Å². The maximum Gasteiger partial charge on any atom is 0.0623 e. The van der Waals surface area contributed by atoms with E-state index in [9.17, 15) is 5.11 Å². The number of rotatable bonds is 6. The quantitative estimate of drug-likeness (QED) is 0.722. The van der Waals surface area contributed by atoms with Crippen LogP contribution in [0.25, 0.3) is 0 Å². The second kappa shape index (κ2) is 6.58. The molecule has 0 radical (unpaired) electrons. The Balaban J connectivity index is 2.30. The summed E-state index contributed by atoms with van der Waals surface area (Å²) in [5.41, 5.74) is -0.163. The molecule has 0 aromatic rings. The Morgan fingerprint density at radius 3 is 2.44 bits per heavy atom. The van der Waals surface area contributed by atoms with E-state index in [1.54, 1.807) is 0 Å². The molecule has 1 atom stereocenters. The number of aliphatic hydroxyl groups is 1. The van der Waals surface area contributed by atoms with Gasteiger partial charge in [0.1, 0.15) is 0 Å². The third kappa shape index (κ3) is 4.40. The lowest BCUT2D eigenvalue weighted by molar-refractivity contribution is 0.125. The van der Waals surface area contributed by atoms with Crippen LogP contribution >= 0.6 is 0 Å². The molecular weight excluding hydrogens is 200 g/mol. The van der Waals surface area contributed by atoms with E-state index in [1.807, 2.05) is 7.05 Å². The molecule has 0 heterocycles. The van der Waals surface area contributed by atoms with Crippen molar-refractivity contribution in [2.75, 3.05) is 33.8 Å². The van der Waals surface area contributed by atoms with Crippen molar-refractivity contribution in [3.8, 4) is 0 Å². The second-order valence-electron chi connectivity index (χ2n) is 5.67. The highest BCUT2D eigenvalue weighted by Gasteiger charge is 2.24. The molecule has 0 aromatic carbocycles. The molecule has 3 heteroatoms. The van der Waals surface area contributed by atoms with Gasteiger partial charge in [0.15, 0.2) is 0 Å².